The van der Waals surface area contributed by atoms with Gasteiger partial charge >= 0.3 is 6.29 Å². The van der Waals surface area contributed by atoms with Crippen molar-refractivity contribution < 1.29 is 36.0 Å². The van der Waals surface area contributed by atoms with Crippen molar-refractivity contribution in [1.29, 1.82) is 0 Å². The molecule has 0 bridgehead atoms. The molecule has 0 saturated carbocycles. The van der Waals surface area contributed by atoms with Gasteiger partial charge in [0.25, 0.3) is 15.7 Å². The molecule has 0 aliphatic carbocycles. The fourth-order valence-electron chi connectivity index (χ4n) is 4.42. The molecule has 0 saturated heterocycles. The highest BCUT2D eigenvalue weighted by Crippen LogP contribution is 2.43. The van der Waals surface area contributed by atoms with Crippen molar-refractivity contribution in [1.82, 2.24) is 9.78 Å². The van der Waals surface area contributed by atoms with E-state index in [4.69, 9.17) is 0 Å². The third-order valence-electron chi connectivity index (χ3n) is 6.13. The normalized spacial score (nSPS) is 14.0. The van der Waals surface area contributed by atoms with Crippen LogP contribution in [0.1, 0.15) is 12.5 Å². The fourth-order valence-corrected chi connectivity index (χ4v) is 5.09. The van der Waals surface area contributed by atoms with Crippen molar-refractivity contribution >= 4 is 32.5 Å². The van der Waals surface area contributed by atoms with Gasteiger partial charge < -0.3 is 14.4 Å². The number of benzene rings is 3. The topological polar surface area (TPSA) is 128 Å². The molecule has 13 heteroatoms. The minimum atomic E-state index is -4.66. The number of carbonyl (C=O) groups is 1. The smallest absolute Gasteiger partial charge is 0.395 e. The Bertz CT molecular complexity index is 1810. The first-order valence-corrected chi connectivity index (χ1v) is 13.1. The molecule has 0 spiro atoms. The Morgan fingerprint density at radius 1 is 1.05 bits per heavy atom. The Kier molecular flexibility index (Phi) is 6.35. The summed E-state index contributed by atoms with van der Waals surface area (Å²) >= 11 is 0. The zero-order valence-electron chi connectivity index (χ0n) is 20.6. The van der Waals surface area contributed by atoms with Gasteiger partial charge in [-0.3, -0.25) is 14.1 Å². The predicted molar refractivity (Wildman–Crippen MR) is 137 cm³/mol. The van der Waals surface area contributed by atoms with Crippen LogP contribution in [0, 0.1) is 6.92 Å². The fraction of sp³-hybridized carbons (Fsp3) is 0.192. The number of fused-ring (bicyclic) bond motifs is 2. The van der Waals surface area contributed by atoms with Crippen LogP contribution in [-0.4, -0.2) is 41.5 Å². The minimum Gasteiger partial charge on any atom is -0.395 e. The number of alkyl halides is 2. The SMILES string of the molecule is CCN(C(=O)Cn1nc(-c2cc(C)ccc2S(=O)(=O)O)c2ccccc2c1=O)c1ccc2c(c1)OC(F)(F)O2. The van der Waals surface area contributed by atoms with E-state index in [9.17, 15) is 31.3 Å². The van der Waals surface area contributed by atoms with E-state index < -0.39 is 39.3 Å². The first kappa shape index (κ1) is 26.3. The molecular formula is C26H21F2N3O7S. The number of ether oxygens (including phenoxy) is 2. The Balaban J connectivity index is 1.59. The maximum atomic E-state index is 13.5. The number of amides is 1. The highest BCUT2D eigenvalue weighted by Gasteiger charge is 2.43. The van der Waals surface area contributed by atoms with E-state index in [1.54, 1.807) is 32.0 Å². The molecule has 1 aromatic heterocycles. The maximum absolute atomic E-state index is 13.5. The number of nitrogens with zero attached hydrogens (tertiary/aromatic N) is 3. The minimum absolute atomic E-state index is 0.0546. The van der Waals surface area contributed by atoms with Gasteiger partial charge in [0.1, 0.15) is 17.1 Å². The number of likely N-dealkylation sites (N-methyl/N-ethyl adjacent to an activating group) is 1. The molecule has 2 heterocycles. The van der Waals surface area contributed by atoms with Crippen molar-refractivity contribution in [3.8, 4) is 22.8 Å². The molecule has 1 aliphatic rings. The van der Waals surface area contributed by atoms with Crippen molar-refractivity contribution in [3.05, 3.63) is 76.6 Å². The lowest BCUT2D eigenvalue weighted by Crippen LogP contribution is -2.37. The number of anilines is 1. The van der Waals surface area contributed by atoms with Gasteiger partial charge in [0, 0.05) is 29.2 Å². The number of hydrogen-bond donors (Lipinski definition) is 1. The van der Waals surface area contributed by atoms with E-state index in [0.717, 1.165) is 4.68 Å². The lowest BCUT2D eigenvalue weighted by Gasteiger charge is -2.22. The Hall–Kier alpha value is -4.36. The average molecular weight is 558 g/mol. The van der Waals surface area contributed by atoms with E-state index in [2.05, 4.69) is 14.6 Å². The highest BCUT2D eigenvalue weighted by atomic mass is 32.2. The van der Waals surface area contributed by atoms with E-state index in [0.29, 0.717) is 10.9 Å². The molecular weight excluding hydrogens is 536 g/mol. The molecule has 1 N–H and O–H groups in total. The first-order valence-electron chi connectivity index (χ1n) is 11.7. The number of carbonyl (C=O) groups excluding carboxylic acids is 1. The van der Waals surface area contributed by atoms with Crippen molar-refractivity contribution in [2.45, 2.75) is 31.6 Å². The average Bonchev–Trinajstić information content (AvgIpc) is 3.18. The molecule has 5 rings (SSSR count). The lowest BCUT2D eigenvalue weighted by molar-refractivity contribution is -0.286. The van der Waals surface area contributed by atoms with Crippen LogP contribution in [-0.2, 0) is 21.5 Å². The number of rotatable bonds is 6. The van der Waals surface area contributed by atoms with Gasteiger partial charge in [0.2, 0.25) is 5.91 Å². The number of aromatic nitrogens is 2. The van der Waals surface area contributed by atoms with Crippen LogP contribution in [0.25, 0.3) is 22.0 Å². The largest absolute Gasteiger partial charge is 0.586 e. The van der Waals surface area contributed by atoms with Crippen molar-refractivity contribution in [3.63, 3.8) is 0 Å². The van der Waals surface area contributed by atoms with Gasteiger partial charge in [-0.2, -0.15) is 13.5 Å². The molecule has 0 unspecified atom stereocenters. The third kappa shape index (κ3) is 4.93. The van der Waals surface area contributed by atoms with Crippen LogP contribution >= 0.6 is 0 Å². The molecule has 4 aromatic rings. The standard InChI is InChI=1S/C26H21F2N3O7S/c1-3-30(16-9-10-20-21(13-16)38-26(27,28)37-20)23(32)14-31-25(33)18-7-5-4-6-17(18)24(29-31)19-12-15(2)8-11-22(19)39(34,35)36/h4-13H,3,14H2,1-2H3,(H,34,35,36). The molecule has 1 amide bonds. The van der Waals surface area contributed by atoms with Gasteiger partial charge in [0.15, 0.2) is 11.5 Å². The summed E-state index contributed by atoms with van der Waals surface area (Å²) in [4.78, 5) is 27.5. The summed E-state index contributed by atoms with van der Waals surface area (Å²) in [5.74, 6) is -1.03. The van der Waals surface area contributed by atoms with Crippen LogP contribution in [0.15, 0.2) is 70.4 Å². The van der Waals surface area contributed by atoms with Gasteiger partial charge in [-0.25, -0.2) is 4.68 Å². The summed E-state index contributed by atoms with van der Waals surface area (Å²) in [6, 6.07) is 14.5. The third-order valence-corrected chi connectivity index (χ3v) is 7.05. The summed E-state index contributed by atoms with van der Waals surface area (Å²) in [5.41, 5.74) is 0.415. The van der Waals surface area contributed by atoms with Gasteiger partial charge in [-0.15, -0.1) is 8.78 Å². The monoisotopic (exact) mass is 557 g/mol. The highest BCUT2D eigenvalue weighted by molar-refractivity contribution is 7.86. The summed E-state index contributed by atoms with van der Waals surface area (Å²) in [5, 5.41) is 4.85. The zero-order valence-corrected chi connectivity index (χ0v) is 21.4. The molecule has 0 radical (unpaired) electrons. The molecule has 10 nitrogen and oxygen atoms in total. The molecule has 3 aromatic carbocycles. The van der Waals surface area contributed by atoms with Gasteiger partial charge in [0.05, 0.1) is 5.39 Å². The molecule has 0 fully saturated rings. The van der Waals surface area contributed by atoms with E-state index in [-0.39, 0.29) is 40.4 Å². The quantitative estimate of drug-likeness (QED) is 0.353. The maximum Gasteiger partial charge on any atom is 0.586 e. The number of aryl methyl sites for hydroxylation is 1. The van der Waals surface area contributed by atoms with Crippen LogP contribution in [0.5, 0.6) is 11.5 Å². The second-order valence-corrected chi connectivity index (χ2v) is 10.2. The second-order valence-electron chi connectivity index (χ2n) is 8.77. The first-order chi connectivity index (χ1) is 18.4. The van der Waals surface area contributed by atoms with Crippen molar-refractivity contribution in [2.24, 2.45) is 0 Å². The van der Waals surface area contributed by atoms with Crippen LogP contribution in [0.2, 0.25) is 0 Å². The van der Waals surface area contributed by atoms with Crippen LogP contribution in [0.4, 0.5) is 14.5 Å². The Morgan fingerprint density at radius 3 is 2.44 bits per heavy atom. The van der Waals surface area contributed by atoms with Gasteiger partial charge in [-0.05, 0) is 44.2 Å². The molecule has 202 valence electrons. The molecule has 0 atom stereocenters. The zero-order chi connectivity index (χ0) is 28.1. The summed E-state index contributed by atoms with van der Waals surface area (Å²) in [6.07, 6.45) is -3.82. The Morgan fingerprint density at radius 2 is 1.74 bits per heavy atom. The summed E-state index contributed by atoms with van der Waals surface area (Å²) in [7, 11) is -4.66. The summed E-state index contributed by atoms with van der Waals surface area (Å²) in [6.45, 7) is 2.95. The van der Waals surface area contributed by atoms with Crippen molar-refractivity contribution in [2.75, 3.05) is 11.4 Å². The second kappa shape index (κ2) is 9.43. The van der Waals surface area contributed by atoms with Gasteiger partial charge in [-0.1, -0.05) is 29.8 Å². The number of halogens is 2. The van der Waals surface area contributed by atoms with E-state index >= 15 is 0 Å². The molecule has 39 heavy (non-hydrogen) atoms. The summed E-state index contributed by atoms with van der Waals surface area (Å²) < 4.78 is 70.8. The van der Waals surface area contributed by atoms with Crippen LogP contribution in [0.3, 0.4) is 0 Å². The van der Waals surface area contributed by atoms with Crippen LogP contribution < -0.4 is 19.9 Å². The van der Waals surface area contributed by atoms with E-state index in [1.807, 2.05) is 0 Å². The predicted octanol–water partition coefficient (Wildman–Crippen LogP) is 3.99. The van der Waals surface area contributed by atoms with E-state index in [1.165, 1.54) is 47.4 Å². The number of hydrogen-bond acceptors (Lipinski definition) is 7. The lowest BCUT2D eigenvalue weighted by atomic mass is 10.0. The molecule has 1 aliphatic heterocycles. The Labute approximate surface area is 220 Å².